The molecular weight excluding hydrogens is 394 g/mol. The molecule has 31 heavy (non-hydrogen) atoms. The van der Waals surface area contributed by atoms with Gasteiger partial charge in [-0.15, -0.1) is 0 Å². The van der Waals surface area contributed by atoms with Crippen LogP contribution in [0.2, 0.25) is 0 Å². The zero-order chi connectivity index (χ0) is 21.2. The summed E-state index contributed by atoms with van der Waals surface area (Å²) in [4.78, 5) is 27.7. The van der Waals surface area contributed by atoms with Crippen molar-refractivity contribution in [2.75, 3.05) is 24.6 Å². The normalized spacial score (nSPS) is 16.4. The fraction of sp³-hybridized carbons (Fsp3) is 0.217. The number of nitrogens with zero attached hydrogens (tertiary/aromatic N) is 5. The smallest absolute Gasteiger partial charge is 0.255 e. The van der Waals surface area contributed by atoms with E-state index in [1.807, 2.05) is 18.2 Å². The minimum Gasteiger partial charge on any atom is -0.472 e. The highest BCUT2D eigenvalue weighted by molar-refractivity contribution is 5.67. The monoisotopic (exact) mass is 415 g/mol. The van der Waals surface area contributed by atoms with Gasteiger partial charge in [-0.05, 0) is 23.3 Å². The lowest BCUT2D eigenvalue weighted by Gasteiger charge is -2.35. The summed E-state index contributed by atoms with van der Waals surface area (Å²) in [5, 5.41) is 0. The first-order valence-corrected chi connectivity index (χ1v) is 10.0. The van der Waals surface area contributed by atoms with Crippen LogP contribution in [0.25, 0.3) is 22.5 Å². The fourth-order valence-corrected chi connectivity index (χ4v) is 3.86. The number of hydrogen-bond acceptors (Lipinski definition) is 7. The summed E-state index contributed by atoms with van der Waals surface area (Å²) in [5.74, 6) is 0.593. The van der Waals surface area contributed by atoms with Gasteiger partial charge in [-0.3, -0.25) is 9.36 Å². The second-order valence-corrected chi connectivity index (χ2v) is 7.34. The first kappa shape index (κ1) is 19.2. The van der Waals surface area contributed by atoms with Crippen molar-refractivity contribution >= 4 is 5.95 Å². The molecule has 1 fully saturated rings. The Balaban J connectivity index is 1.50. The summed E-state index contributed by atoms with van der Waals surface area (Å²) in [7, 11) is 1.73. The number of hydrogen-bond donors (Lipinski definition) is 0. The highest BCUT2D eigenvalue weighted by Gasteiger charge is 2.27. The molecular formula is C23H21N5O3. The maximum atomic E-state index is 12.6. The molecule has 0 bridgehead atoms. The van der Waals surface area contributed by atoms with Crippen molar-refractivity contribution in [3.63, 3.8) is 0 Å². The lowest BCUT2D eigenvalue weighted by Crippen LogP contribution is -2.41. The molecule has 1 aromatic carbocycles. The van der Waals surface area contributed by atoms with Crippen molar-refractivity contribution in [1.29, 1.82) is 0 Å². The fourth-order valence-electron chi connectivity index (χ4n) is 3.86. The highest BCUT2D eigenvalue weighted by atomic mass is 16.5. The van der Waals surface area contributed by atoms with Crippen LogP contribution in [-0.2, 0) is 11.8 Å². The van der Waals surface area contributed by atoms with Crippen LogP contribution < -0.4 is 10.5 Å². The molecule has 4 aromatic rings. The van der Waals surface area contributed by atoms with Gasteiger partial charge in [0.25, 0.3) is 5.56 Å². The van der Waals surface area contributed by atoms with Crippen LogP contribution in [0.15, 0.2) is 76.7 Å². The van der Waals surface area contributed by atoms with Gasteiger partial charge in [-0.1, -0.05) is 24.3 Å². The first-order chi connectivity index (χ1) is 15.2. The SMILES string of the molecule is Cn1c(N2CCOC(c3ccccc3-c3ccoc3)C2)nc(-c2ccncn2)cc1=O. The summed E-state index contributed by atoms with van der Waals surface area (Å²) in [5.41, 5.74) is 4.16. The Hall–Kier alpha value is -3.78. The Bertz CT molecular complexity index is 1240. The van der Waals surface area contributed by atoms with Crippen LogP contribution in [-0.4, -0.2) is 39.2 Å². The zero-order valence-corrected chi connectivity index (χ0v) is 17.0. The van der Waals surface area contributed by atoms with Crippen LogP contribution in [0, 0.1) is 0 Å². The van der Waals surface area contributed by atoms with E-state index in [4.69, 9.17) is 14.1 Å². The number of morpholine rings is 1. The molecule has 8 heteroatoms. The Morgan fingerprint density at radius 1 is 1.13 bits per heavy atom. The third-order valence-electron chi connectivity index (χ3n) is 5.44. The maximum Gasteiger partial charge on any atom is 0.255 e. The first-order valence-electron chi connectivity index (χ1n) is 10.0. The van der Waals surface area contributed by atoms with Gasteiger partial charge in [-0.2, -0.15) is 0 Å². The highest BCUT2D eigenvalue weighted by Crippen LogP contribution is 2.33. The largest absolute Gasteiger partial charge is 0.472 e. The topological polar surface area (TPSA) is 86.3 Å². The van der Waals surface area contributed by atoms with E-state index in [9.17, 15) is 4.79 Å². The van der Waals surface area contributed by atoms with Gasteiger partial charge >= 0.3 is 0 Å². The Morgan fingerprint density at radius 2 is 2.03 bits per heavy atom. The van der Waals surface area contributed by atoms with Crippen molar-refractivity contribution in [2.45, 2.75) is 6.10 Å². The van der Waals surface area contributed by atoms with E-state index in [1.165, 1.54) is 12.4 Å². The molecule has 0 spiro atoms. The van der Waals surface area contributed by atoms with Crippen LogP contribution in [0.5, 0.6) is 0 Å². The number of anilines is 1. The summed E-state index contributed by atoms with van der Waals surface area (Å²) in [6.45, 7) is 1.73. The Labute approximate surface area is 178 Å². The van der Waals surface area contributed by atoms with Crippen molar-refractivity contribution in [2.24, 2.45) is 7.05 Å². The molecule has 1 aliphatic heterocycles. The average Bonchev–Trinajstić information content (AvgIpc) is 3.36. The van der Waals surface area contributed by atoms with Gasteiger partial charge < -0.3 is 14.1 Å². The minimum absolute atomic E-state index is 0.138. The van der Waals surface area contributed by atoms with E-state index in [0.29, 0.717) is 37.0 Å². The van der Waals surface area contributed by atoms with E-state index < -0.39 is 0 Å². The molecule has 1 atom stereocenters. The number of rotatable bonds is 4. The van der Waals surface area contributed by atoms with Crippen molar-refractivity contribution in [3.05, 3.63) is 83.4 Å². The average molecular weight is 415 g/mol. The second kappa shape index (κ2) is 8.16. The number of aromatic nitrogens is 4. The number of benzene rings is 1. The molecule has 0 saturated carbocycles. The molecule has 0 aliphatic carbocycles. The predicted molar refractivity (Wildman–Crippen MR) is 116 cm³/mol. The Morgan fingerprint density at radius 3 is 2.84 bits per heavy atom. The molecule has 4 heterocycles. The van der Waals surface area contributed by atoms with E-state index in [-0.39, 0.29) is 11.7 Å². The maximum absolute atomic E-state index is 12.6. The van der Waals surface area contributed by atoms with E-state index in [2.05, 4.69) is 27.0 Å². The molecule has 8 nitrogen and oxygen atoms in total. The predicted octanol–water partition coefficient (Wildman–Crippen LogP) is 3.08. The standard InChI is InChI=1S/C23H21N5O3/c1-27-22(29)12-20(19-6-8-24-15-25-19)26-23(27)28-9-11-31-21(13-28)18-5-3-2-4-17(18)16-7-10-30-14-16/h2-8,10,12,14-15,21H,9,11,13H2,1H3. The number of furan rings is 1. The minimum atomic E-state index is -0.167. The third-order valence-corrected chi connectivity index (χ3v) is 5.44. The quantitative estimate of drug-likeness (QED) is 0.506. The van der Waals surface area contributed by atoms with E-state index in [1.54, 1.807) is 36.4 Å². The second-order valence-electron chi connectivity index (χ2n) is 7.34. The van der Waals surface area contributed by atoms with Crippen molar-refractivity contribution in [1.82, 2.24) is 19.5 Å². The summed E-state index contributed by atoms with van der Waals surface area (Å²) < 4.78 is 13.0. The number of ether oxygens (including phenoxy) is 1. The molecule has 156 valence electrons. The molecule has 0 N–H and O–H groups in total. The van der Waals surface area contributed by atoms with Crippen LogP contribution >= 0.6 is 0 Å². The Kier molecular flexibility index (Phi) is 5.05. The molecule has 5 rings (SSSR count). The van der Waals surface area contributed by atoms with Crippen LogP contribution in [0.1, 0.15) is 11.7 Å². The zero-order valence-electron chi connectivity index (χ0n) is 17.0. The molecule has 0 amide bonds. The molecule has 1 unspecified atom stereocenters. The van der Waals surface area contributed by atoms with Gasteiger partial charge in [0.05, 0.1) is 37.1 Å². The third kappa shape index (κ3) is 3.73. The molecule has 3 aromatic heterocycles. The lowest BCUT2D eigenvalue weighted by atomic mass is 9.97. The van der Waals surface area contributed by atoms with Gasteiger partial charge in [0.2, 0.25) is 5.95 Å². The lowest BCUT2D eigenvalue weighted by molar-refractivity contribution is 0.0393. The summed E-state index contributed by atoms with van der Waals surface area (Å²) in [6, 6.07) is 13.3. The van der Waals surface area contributed by atoms with Gasteiger partial charge in [0.15, 0.2) is 0 Å². The van der Waals surface area contributed by atoms with E-state index in [0.717, 1.165) is 16.7 Å². The van der Waals surface area contributed by atoms with Crippen LogP contribution in [0.3, 0.4) is 0 Å². The van der Waals surface area contributed by atoms with E-state index >= 15 is 0 Å². The molecule has 1 aliphatic rings. The van der Waals surface area contributed by atoms with Crippen molar-refractivity contribution < 1.29 is 9.15 Å². The summed E-state index contributed by atoms with van der Waals surface area (Å²) in [6.07, 6.45) is 6.32. The van der Waals surface area contributed by atoms with Crippen LogP contribution in [0.4, 0.5) is 5.95 Å². The van der Waals surface area contributed by atoms with Gasteiger partial charge in [0, 0.05) is 31.4 Å². The summed E-state index contributed by atoms with van der Waals surface area (Å²) >= 11 is 0. The van der Waals surface area contributed by atoms with Gasteiger partial charge in [0.1, 0.15) is 12.4 Å². The van der Waals surface area contributed by atoms with Crippen molar-refractivity contribution in [3.8, 4) is 22.5 Å². The molecule has 1 saturated heterocycles. The van der Waals surface area contributed by atoms with Gasteiger partial charge in [-0.25, -0.2) is 15.0 Å². The molecule has 0 radical (unpaired) electrons.